The number of aryl methyl sites for hydroxylation is 1. The molecule has 0 aliphatic carbocycles. The first kappa shape index (κ1) is 15.3. The summed E-state index contributed by atoms with van der Waals surface area (Å²) in [4.78, 5) is 18.3. The van der Waals surface area contributed by atoms with E-state index >= 15 is 0 Å². The third-order valence-electron chi connectivity index (χ3n) is 3.40. The van der Waals surface area contributed by atoms with Gasteiger partial charge in [0.05, 0.1) is 11.1 Å². The Morgan fingerprint density at radius 1 is 1.33 bits per heavy atom. The minimum absolute atomic E-state index is 0.137. The molecule has 4 nitrogen and oxygen atoms in total. The summed E-state index contributed by atoms with van der Waals surface area (Å²) in [5.74, 6) is 0.538. The third kappa shape index (κ3) is 3.15. The molecule has 0 radical (unpaired) electrons. The highest BCUT2D eigenvalue weighted by Crippen LogP contribution is 2.33. The molecular weight excluding hydrogens is 264 g/mol. The number of nitrogens with zero attached hydrogens (tertiary/aromatic N) is 2. The second-order valence-electron chi connectivity index (χ2n) is 6.37. The van der Waals surface area contributed by atoms with Crippen molar-refractivity contribution in [3.63, 3.8) is 0 Å². The zero-order valence-electron chi connectivity index (χ0n) is 13.4. The third-order valence-corrected chi connectivity index (χ3v) is 3.40. The number of fused-ring (bicyclic) bond motifs is 1. The number of carbonyl (C=O) groups is 1. The van der Waals surface area contributed by atoms with E-state index in [-0.39, 0.29) is 12.7 Å². The van der Waals surface area contributed by atoms with Gasteiger partial charge in [0.15, 0.2) is 6.73 Å². The van der Waals surface area contributed by atoms with E-state index < -0.39 is 5.41 Å². The van der Waals surface area contributed by atoms with Crippen LogP contribution in [0.5, 0.6) is 0 Å². The first-order valence-electron chi connectivity index (χ1n) is 7.00. The van der Waals surface area contributed by atoms with Gasteiger partial charge in [-0.1, -0.05) is 18.2 Å². The van der Waals surface area contributed by atoms with Crippen molar-refractivity contribution in [2.24, 2.45) is 10.4 Å². The van der Waals surface area contributed by atoms with E-state index in [1.165, 1.54) is 0 Å². The number of carbonyl (C=O) groups excluding carboxylic acids is 1. The summed E-state index contributed by atoms with van der Waals surface area (Å²) >= 11 is 0. The van der Waals surface area contributed by atoms with Gasteiger partial charge in [0.2, 0.25) is 0 Å². The maximum atomic E-state index is 11.9. The van der Waals surface area contributed by atoms with Gasteiger partial charge in [-0.25, -0.2) is 4.99 Å². The fraction of sp³-hybridized carbons (Fsp3) is 0.412. The second-order valence-corrected chi connectivity index (χ2v) is 6.37. The largest absolute Gasteiger partial charge is 0.443 e. The summed E-state index contributed by atoms with van der Waals surface area (Å²) in [6.07, 6.45) is 0. The van der Waals surface area contributed by atoms with Crippen LogP contribution in [0, 0.1) is 12.3 Å². The summed E-state index contributed by atoms with van der Waals surface area (Å²) in [5, 5.41) is 0. The van der Waals surface area contributed by atoms with E-state index in [0.29, 0.717) is 0 Å². The number of benzene rings is 1. The van der Waals surface area contributed by atoms with Crippen LogP contribution in [0.2, 0.25) is 0 Å². The van der Waals surface area contributed by atoms with Crippen molar-refractivity contribution < 1.29 is 9.53 Å². The standard InChI is InChI=1S/C17H22N2O2/c1-11-7-8-15-14(9-11)12(2)19(13(3)18-15)10-21-16(20)17(4,5)6/h7-9H,2,10H2,1,3-6H3. The van der Waals surface area contributed by atoms with Crippen molar-refractivity contribution in [2.45, 2.75) is 34.6 Å². The van der Waals surface area contributed by atoms with Gasteiger partial charge in [-0.3, -0.25) is 9.69 Å². The molecule has 0 bridgehead atoms. The second kappa shape index (κ2) is 5.35. The van der Waals surface area contributed by atoms with Gasteiger partial charge in [-0.15, -0.1) is 0 Å². The summed E-state index contributed by atoms with van der Waals surface area (Å²) in [6, 6.07) is 6.06. The van der Waals surface area contributed by atoms with Crippen LogP contribution in [0.25, 0.3) is 5.70 Å². The Morgan fingerprint density at radius 2 is 2.00 bits per heavy atom. The normalized spacial score (nSPS) is 14.6. The van der Waals surface area contributed by atoms with Gasteiger partial charge in [0, 0.05) is 11.3 Å². The van der Waals surface area contributed by atoms with Crippen LogP contribution in [-0.4, -0.2) is 23.4 Å². The minimum atomic E-state index is -0.517. The molecule has 0 atom stereocenters. The molecule has 2 rings (SSSR count). The van der Waals surface area contributed by atoms with Crippen molar-refractivity contribution in [1.29, 1.82) is 0 Å². The molecule has 0 spiro atoms. The molecule has 112 valence electrons. The lowest BCUT2D eigenvalue weighted by molar-refractivity contribution is -0.155. The van der Waals surface area contributed by atoms with Crippen LogP contribution in [0.15, 0.2) is 29.8 Å². The zero-order valence-corrected chi connectivity index (χ0v) is 13.4. The highest BCUT2D eigenvalue weighted by Gasteiger charge is 2.26. The van der Waals surface area contributed by atoms with Crippen LogP contribution < -0.4 is 0 Å². The molecule has 0 N–H and O–H groups in total. The van der Waals surface area contributed by atoms with E-state index in [9.17, 15) is 4.79 Å². The van der Waals surface area contributed by atoms with Gasteiger partial charge >= 0.3 is 5.97 Å². The molecule has 1 heterocycles. The van der Waals surface area contributed by atoms with Crippen LogP contribution in [0.1, 0.15) is 38.8 Å². The Balaban J connectivity index is 2.20. The van der Waals surface area contributed by atoms with Crippen LogP contribution >= 0.6 is 0 Å². The maximum Gasteiger partial charge on any atom is 0.312 e. The molecule has 0 amide bonds. The van der Waals surface area contributed by atoms with E-state index in [1.807, 2.05) is 57.7 Å². The van der Waals surface area contributed by atoms with Gasteiger partial charge in [-0.05, 0) is 46.8 Å². The summed E-state index contributed by atoms with van der Waals surface area (Å²) in [6.45, 7) is 13.7. The topological polar surface area (TPSA) is 41.9 Å². The maximum absolute atomic E-state index is 11.9. The predicted octanol–water partition coefficient (Wildman–Crippen LogP) is 3.88. The monoisotopic (exact) mass is 286 g/mol. The van der Waals surface area contributed by atoms with Crippen molar-refractivity contribution in [3.8, 4) is 0 Å². The lowest BCUT2D eigenvalue weighted by atomic mass is 9.97. The Kier molecular flexibility index (Phi) is 3.90. The first-order valence-corrected chi connectivity index (χ1v) is 7.00. The number of esters is 1. The van der Waals surface area contributed by atoms with E-state index in [1.54, 1.807) is 0 Å². The van der Waals surface area contributed by atoms with Crippen molar-refractivity contribution in [3.05, 3.63) is 35.9 Å². The van der Waals surface area contributed by atoms with Crippen molar-refractivity contribution >= 4 is 23.2 Å². The quantitative estimate of drug-likeness (QED) is 0.775. The average molecular weight is 286 g/mol. The van der Waals surface area contributed by atoms with E-state index in [4.69, 9.17) is 4.74 Å². The number of aliphatic imine (C=N–C) groups is 1. The molecule has 21 heavy (non-hydrogen) atoms. The van der Waals surface area contributed by atoms with Crippen LogP contribution in [-0.2, 0) is 9.53 Å². The number of hydrogen-bond donors (Lipinski definition) is 0. The van der Waals surface area contributed by atoms with E-state index in [2.05, 4.69) is 11.6 Å². The first-order chi connectivity index (χ1) is 9.70. The molecule has 0 saturated carbocycles. The number of hydrogen-bond acceptors (Lipinski definition) is 4. The fourth-order valence-electron chi connectivity index (χ4n) is 2.06. The summed E-state index contributed by atoms with van der Waals surface area (Å²) in [5.41, 5.74) is 3.32. The SMILES string of the molecule is C=C1c2cc(C)ccc2N=C(C)N1COC(=O)C(C)(C)C. The van der Waals surface area contributed by atoms with E-state index in [0.717, 1.165) is 28.3 Å². The smallest absolute Gasteiger partial charge is 0.312 e. The molecule has 0 saturated heterocycles. The van der Waals surface area contributed by atoms with Crippen LogP contribution in [0.4, 0.5) is 5.69 Å². The Labute approximate surface area is 126 Å². The van der Waals surface area contributed by atoms with Gasteiger partial charge in [0.1, 0.15) is 5.84 Å². The number of amidine groups is 1. The molecule has 0 aromatic heterocycles. The molecule has 1 aromatic carbocycles. The number of ether oxygens (including phenoxy) is 1. The molecule has 1 aliphatic heterocycles. The van der Waals surface area contributed by atoms with Crippen molar-refractivity contribution in [2.75, 3.05) is 6.73 Å². The lowest BCUT2D eigenvalue weighted by Gasteiger charge is -2.31. The summed E-state index contributed by atoms with van der Waals surface area (Å²) < 4.78 is 5.38. The lowest BCUT2D eigenvalue weighted by Crippen LogP contribution is -2.35. The molecule has 0 unspecified atom stereocenters. The molecule has 0 fully saturated rings. The van der Waals surface area contributed by atoms with Gasteiger partial charge in [-0.2, -0.15) is 0 Å². The minimum Gasteiger partial charge on any atom is -0.443 e. The highest BCUT2D eigenvalue weighted by molar-refractivity contribution is 5.96. The fourth-order valence-corrected chi connectivity index (χ4v) is 2.06. The highest BCUT2D eigenvalue weighted by atomic mass is 16.5. The average Bonchev–Trinajstić information content (AvgIpc) is 2.38. The Bertz CT molecular complexity index is 624. The zero-order chi connectivity index (χ0) is 15.8. The number of rotatable bonds is 2. The van der Waals surface area contributed by atoms with Gasteiger partial charge < -0.3 is 4.74 Å². The Morgan fingerprint density at radius 3 is 2.62 bits per heavy atom. The Hall–Kier alpha value is -2.10. The molecule has 4 heteroatoms. The van der Waals surface area contributed by atoms with Crippen molar-refractivity contribution in [1.82, 2.24) is 4.90 Å². The molecule has 1 aliphatic rings. The molecule has 1 aromatic rings. The van der Waals surface area contributed by atoms with Crippen LogP contribution in [0.3, 0.4) is 0 Å². The molecular formula is C17H22N2O2. The van der Waals surface area contributed by atoms with Gasteiger partial charge in [0.25, 0.3) is 0 Å². The summed E-state index contributed by atoms with van der Waals surface area (Å²) in [7, 11) is 0. The predicted molar refractivity (Wildman–Crippen MR) is 85.2 cm³/mol.